The van der Waals surface area contributed by atoms with Gasteiger partial charge in [0.25, 0.3) is 0 Å². The molecule has 0 aliphatic rings. The van der Waals surface area contributed by atoms with E-state index in [-0.39, 0.29) is 18.6 Å². The van der Waals surface area contributed by atoms with Crippen LogP contribution in [0.2, 0.25) is 0 Å². The average molecular weight is 246 g/mol. The number of carboxylic acid groups (broad SMARTS) is 1. The number of hydrogen-bond acceptors (Lipinski definition) is 3. The van der Waals surface area contributed by atoms with Gasteiger partial charge in [0, 0.05) is 12.6 Å². The van der Waals surface area contributed by atoms with Gasteiger partial charge in [0.2, 0.25) is 0 Å². The predicted octanol–water partition coefficient (Wildman–Crippen LogP) is 0.652. The SMILES string of the molecule is CCCN(C(=O)NCC(C)(O)C(=O)O)C(C)C. The second kappa shape index (κ2) is 6.44. The van der Waals surface area contributed by atoms with Crippen molar-refractivity contribution in [1.82, 2.24) is 10.2 Å². The van der Waals surface area contributed by atoms with Gasteiger partial charge in [0.1, 0.15) is 0 Å². The van der Waals surface area contributed by atoms with Crippen LogP contribution in [0.3, 0.4) is 0 Å². The lowest BCUT2D eigenvalue weighted by Crippen LogP contribution is -2.51. The van der Waals surface area contributed by atoms with E-state index in [1.54, 1.807) is 4.90 Å². The first-order valence-electron chi connectivity index (χ1n) is 5.72. The predicted molar refractivity (Wildman–Crippen MR) is 63.8 cm³/mol. The molecule has 0 aromatic heterocycles. The topological polar surface area (TPSA) is 89.9 Å². The summed E-state index contributed by atoms with van der Waals surface area (Å²) < 4.78 is 0. The van der Waals surface area contributed by atoms with Crippen molar-refractivity contribution < 1.29 is 19.8 Å². The van der Waals surface area contributed by atoms with Crippen molar-refractivity contribution >= 4 is 12.0 Å². The fourth-order valence-corrected chi connectivity index (χ4v) is 1.26. The lowest BCUT2D eigenvalue weighted by molar-refractivity contribution is -0.155. The Balaban J connectivity index is 4.38. The van der Waals surface area contributed by atoms with E-state index in [4.69, 9.17) is 5.11 Å². The molecule has 100 valence electrons. The average Bonchev–Trinajstić information content (AvgIpc) is 2.22. The molecule has 0 aromatic rings. The molecule has 0 fully saturated rings. The largest absolute Gasteiger partial charge is 0.479 e. The molecule has 0 saturated heterocycles. The minimum Gasteiger partial charge on any atom is -0.479 e. The Bertz CT molecular complexity index is 277. The van der Waals surface area contributed by atoms with Crippen LogP contribution in [-0.4, -0.2) is 51.8 Å². The van der Waals surface area contributed by atoms with E-state index in [0.717, 1.165) is 13.3 Å². The Hall–Kier alpha value is -1.30. The first kappa shape index (κ1) is 15.7. The van der Waals surface area contributed by atoms with Gasteiger partial charge in [-0.3, -0.25) is 0 Å². The molecule has 6 nitrogen and oxygen atoms in total. The van der Waals surface area contributed by atoms with Gasteiger partial charge >= 0.3 is 12.0 Å². The summed E-state index contributed by atoms with van der Waals surface area (Å²) in [5.41, 5.74) is -1.94. The Kier molecular flexibility index (Phi) is 5.95. The Morgan fingerprint density at radius 3 is 2.29 bits per heavy atom. The van der Waals surface area contributed by atoms with Gasteiger partial charge in [0.05, 0.1) is 6.54 Å². The molecule has 0 heterocycles. The summed E-state index contributed by atoms with van der Waals surface area (Å²) in [6.45, 7) is 7.15. The monoisotopic (exact) mass is 246 g/mol. The molecular weight excluding hydrogens is 224 g/mol. The lowest BCUT2D eigenvalue weighted by Gasteiger charge is -2.28. The molecule has 17 heavy (non-hydrogen) atoms. The molecule has 0 bridgehead atoms. The van der Waals surface area contributed by atoms with Gasteiger partial charge in [-0.1, -0.05) is 6.92 Å². The first-order valence-corrected chi connectivity index (χ1v) is 5.72. The van der Waals surface area contributed by atoms with E-state index in [1.165, 1.54) is 0 Å². The molecule has 0 saturated carbocycles. The van der Waals surface area contributed by atoms with Crippen molar-refractivity contribution in [1.29, 1.82) is 0 Å². The molecule has 0 rings (SSSR count). The first-order chi connectivity index (χ1) is 7.72. The van der Waals surface area contributed by atoms with Crippen molar-refractivity contribution in [2.45, 2.75) is 45.8 Å². The van der Waals surface area contributed by atoms with E-state index < -0.39 is 11.6 Å². The second-order valence-electron chi connectivity index (χ2n) is 4.52. The summed E-state index contributed by atoms with van der Waals surface area (Å²) in [7, 11) is 0. The number of carbonyl (C=O) groups excluding carboxylic acids is 1. The highest BCUT2D eigenvalue weighted by Crippen LogP contribution is 2.04. The van der Waals surface area contributed by atoms with E-state index in [9.17, 15) is 14.7 Å². The zero-order valence-corrected chi connectivity index (χ0v) is 10.9. The van der Waals surface area contributed by atoms with Gasteiger partial charge in [-0.05, 0) is 27.2 Å². The molecule has 0 aliphatic heterocycles. The van der Waals surface area contributed by atoms with Crippen LogP contribution < -0.4 is 5.32 Å². The van der Waals surface area contributed by atoms with Crippen LogP contribution in [0, 0.1) is 0 Å². The van der Waals surface area contributed by atoms with Crippen LogP contribution in [0.1, 0.15) is 34.1 Å². The van der Waals surface area contributed by atoms with Gasteiger partial charge in [-0.25, -0.2) is 9.59 Å². The van der Waals surface area contributed by atoms with Gasteiger partial charge in [-0.2, -0.15) is 0 Å². The van der Waals surface area contributed by atoms with Crippen LogP contribution in [0.15, 0.2) is 0 Å². The van der Waals surface area contributed by atoms with E-state index in [0.29, 0.717) is 6.54 Å². The van der Waals surface area contributed by atoms with Crippen LogP contribution in [0.25, 0.3) is 0 Å². The third-order valence-corrected chi connectivity index (χ3v) is 2.39. The highest BCUT2D eigenvalue weighted by Gasteiger charge is 2.31. The number of nitrogens with zero attached hydrogens (tertiary/aromatic N) is 1. The van der Waals surface area contributed by atoms with Crippen molar-refractivity contribution in [2.24, 2.45) is 0 Å². The fraction of sp³-hybridized carbons (Fsp3) is 0.818. The minimum atomic E-state index is -1.94. The van der Waals surface area contributed by atoms with Crippen molar-refractivity contribution in [2.75, 3.05) is 13.1 Å². The lowest BCUT2D eigenvalue weighted by atomic mass is 10.1. The van der Waals surface area contributed by atoms with E-state index >= 15 is 0 Å². The molecule has 0 aliphatic carbocycles. The number of rotatable bonds is 6. The molecule has 0 aromatic carbocycles. The quantitative estimate of drug-likeness (QED) is 0.642. The highest BCUT2D eigenvalue weighted by molar-refractivity contribution is 5.79. The van der Waals surface area contributed by atoms with Crippen LogP contribution in [0.5, 0.6) is 0 Å². The number of amides is 2. The molecule has 0 radical (unpaired) electrons. The molecular formula is C11H22N2O4. The fourth-order valence-electron chi connectivity index (χ4n) is 1.26. The molecule has 3 N–H and O–H groups in total. The summed E-state index contributed by atoms with van der Waals surface area (Å²) in [5, 5.41) is 20.6. The summed E-state index contributed by atoms with van der Waals surface area (Å²) in [6, 6.07) is -0.326. The smallest absolute Gasteiger partial charge is 0.337 e. The molecule has 6 heteroatoms. The van der Waals surface area contributed by atoms with Crippen molar-refractivity contribution in [3.05, 3.63) is 0 Å². The maximum absolute atomic E-state index is 11.8. The van der Waals surface area contributed by atoms with Crippen LogP contribution in [-0.2, 0) is 4.79 Å². The molecule has 1 atom stereocenters. The van der Waals surface area contributed by atoms with Crippen LogP contribution in [0.4, 0.5) is 4.79 Å². The number of hydrogen-bond donors (Lipinski definition) is 3. The van der Waals surface area contributed by atoms with Gasteiger partial charge < -0.3 is 20.4 Å². The van der Waals surface area contributed by atoms with Gasteiger partial charge in [0.15, 0.2) is 5.60 Å². The van der Waals surface area contributed by atoms with Crippen molar-refractivity contribution in [3.63, 3.8) is 0 Å². The Labute approximate surface area is 102 Å². The highest BCUT2D eigenvalue weighted by atomic mass is 16.4. The number of carboxylic acids is 1. The van der Waals surface area contributed by atoms with E-state index in [2.05, 4.69) is 5.32 Å². The zero-order valence-electron chi connectivity index (χ0n) is 10.9. The summed E-state index contributed by atoms with van der Waals surface area (Å²) in [6.07, 6.45) is 0.820. The van der Waals surface area contributed by atoms with Crippen molar-refractivity contribution in [3.8, 4) is 0 Å². The molecule has 2 amide bonds. The standard InChI is InChI=1S/C11H22N2O4/c1-5-6-13(8(2)3)10(16)12-7-11(4,17)9(14)15/h8,17H,5-7H2,1-4H3,(H,12,16)(H,14,15). The third kappa shape index (κ3) is 5.04. The zero-order chi connectivity index (χ0) is 13.6. The van der Waals surface area contributed by atoms with Gasteiger partial charge in [-0.15, -0.1) is 0 Å². The summed E-state index contributed by atoms with van der Waals surface area (Å²) >= 11 is 0. The number of urea groups is 1. The maximum Gasteiger partial charge on any atom is 0.337 e. The Morgan fingerprint density at radius 1 is 1.41 bits per heavy atom. The maximum atomic E-state index is 11.8. The molecule has 0 spiro atoms. The number of nitrogens with one attached hydrogen (secondary N) is 1. The van der Waals surface area contributed by atoms with Crippen LogP contribution >= 0.6 is 0 Å². The Morgan fingerprint density at radius 2 is 1.94 bits per heavy atom. The minimum absolute atomic E-state index is 0.0322. The normalized spacial score (nSPS) is 14.2. The number of carbonyl (C=O) groups is 2. The number of aliphatic hydroxyl groups is 1. The molecule has 1 unspecified atom stereocenters. The summed E-state index contributed by atoms with van der Waals surface area (Å²) in [5.74, 6) is -1.36. The van der Waals surface area contributed by atoms with E-state index in [1.807, 2.05) is 20.8 Å². The number of aliphatic carboxylic acids is 1. The summed E-state index contributed by atoms with van der Waals surface area (Å²) in [4.78, 5) is 24.0. The second-order valence-corrected chi connectivity index (χ2v) is 4.52. The third-order valence-electron chi connectivity index (χ3n) is 2.39.